The van der Waals surface area contributed by atoms with Gasteiger partial charge in [-0.1, -0.05) is 48.0 Å². The van der Waals surface area contributed by atoms with Crippen molar-refractivity contribution in [3.05, 3.63) is 76.9 Å². The number of benzene rings is 2. The lowest BCUT2D eigenvalue weighted by Gasteiger charge is -2.28. The maximum absolute atomic E-state index is 6.07. The molecule has 0 saturated heterocycles. The van der Waals surface area contributed by atoms with E-state index in [2.05, 4.69) is 53.3 Å². The lowest BCUT2D eigenvalue weighted by atomic mass is 10.2. The molecule has 1 heterocycles. The van der Waals surface area contributed by atoms with E-state index >= 15 is 0 Å². The molecule has 1 N–H and O–H groups in total. The minimum absolute atomic E-state index is 0.309. The first-order valence-corrected chi connectivity index (χ1v) is 9.08. The van der Waals surface area contributed by atoms with Crippen LogP contribution in [0.25, 0.3) is 0 Å². The van der Waals surface area contributed by atoms with Crippen molar-refractivity contribution >= 4 is 29.1 Å². The van der Waals surface area contributed by atoms with E-state index in [4.69, 9.17) is 16.6 Å². The summed E-state index contributed by atoms with van der Waals surface area (Å²) in [6.07, 6.45) is 0. The molecule has 26 heavy (non-hydrogen) atoms. The summed E-state index contributed by atoms with van der Waals surface area (Å²) in [7, 11) is 0. The van der Waals surface area contributed by atoms with Crippen LogP contribution in [0.3, 0.4) is 0 Å². The Balaban J connectivity index is 1.89. The quantitative estimate of drug-likeness (QED) is 0.616. The second-order valence-corrected chi connectivity index (χ2v) is 6.97. The molecule has 0 atom stereocenters. The minimum Gasteiger partial charge on any atom is -0.350 e. The zero-order valence-electron chi connectivity index (χ0n) is 15.3. The summed E-state index contributed by atoms with van der Waals surface area (Å²) in [4.78, 5) is 11.5. The van der Waals surface area contributed by atoms with E-state index in [-0.39, 0.29) is 0 Å². The highest BCUT2D eigenvalue weighted by atomic mass is 35.5. The molecule has 3 rings (SSSR count). The number of hydrogen-bond acceptors (Lipinski definition) is 4. The smallest absolute Gasteiger partial charge is 0.229 e. The molecule has 1 aromatic heterocycles. The third-order valence-corrected chi connectivity index (χ3v) is 4.27. The Labute approximate surface area is 159 Å². The first kappa shape index (κ1) is 18.2. The number of hydrogen-bond donors (Lipinski definition) is 1. The fourth-order valence-corrected chi connectivity index (χ4v) is 2.95. The fraction of sp³-hybridized carbons (Fsp3) is 0.238. The first-order chi connectivity index (χ1) is 12.5. The van der Waals surface area contributed by atoms with Gasteiger partial charge < -0.3 is 10.2 Å². The number of nitrogens with zero attached hydrogens (tertiary/aromatic N) is 3. The molecule has 0 unspecified atom stereocenters. The van der Waals surface area contributed by atoms with Crippen LogP contribution in [0, 0.1) is 6.92 Å². The summed E-state index contributed by atoms with van der Waals surface area (Å²) in [6.45, 7) is 7.12. The molecule has 0 saturated carbocycles. The SMILES string of the molecule is Cc1cc(N(Cc2ccccc2)C(C)C)nc(Nc2cccc(Cl)c2)n1. The maximum atomic E-state index is 6.07. The molecule has 0 aliphatic carbocycles. The predicted octanol–water partition coefficient (Wildman–Crippen LogP) is 5.60. The number of halogens is 1. The fourth-order valence-electron chi connectivity index (χ4n) is 2.76. The predicted molar refractivity (Wildman–Crippen MR) is 109 cm³/mol. The maximum Gasteiger partial charge on any atom is 0.229 e. The molecule has 0 amide bonds. The summed E-state index contributed by atoms with van der Waals surface area (Å²) in [5.41, 5.74) is 3.04. The molecular formula is C21H23ClN4. The van der Waals surface area contributed by atoms with Gasteiger partial charge in [-0.2, -0.15) is 4.98 Å². The second kappa shape index (κ2) is 8.19. The first-order valence-electron chi connectivity index (χ1n) is 8.70. The monoisotopic (exact) mass is 366 g/mol. The standard InChI is InChI=1S/C21H23ClN4/c1-15(2)26(14-17-8-5-4-6-9-17)20-12-16(3)23-21(25-20)24-19-11-7-10-18(22)13-19/h4-13,15H,14H2,1-3H3,(H,23,24,25). The number of nitrogens with one attached hydrogen (secondary N) is 1. The van der Waals surface area contributed by atoms with E-state index in [1.807, 2.05) is 43.3 Å². The van der Waals surface area contributed by atoms with Crippen molar-refractivity contribution in [1.82, 2.24) is 9.97 Å². The Bertz CT molecular complexity index is 865. The summed E-state index contributed by atoms with van der Waals surface area (Å²) < 4.78 is 0. The molecule has 3 aromatic rings. The molecule has 2 aromatic carbocycles. The van der Waals surface area contributed by atoms with Crippen LogP contribution in [0.1, 0.15) is 25.1 Å². The van der Waals surface area contributed by atoms with Crippen molar-refractivity contribution in [3.63, 3.8) is 0 Å². The van der Waals surface area contributed by atoms with E-state index < -0.39 is 0 Å². The van der Waals surface area contributed by atoms with Gasteiger partial charge in [-0.15, -0.1) is 0 Å². The molecule has 0 bridgehead atoms. The van der Waals surface area contributed by atoms with Gasteiger partial charge in [-0.3, -0.25) is 0 Å². The van der Waals surface area contributed by atoms with Gasteiger partial charge in [0, 0.05) is 35.1 Å². The van der Waals surface area contributed by atoms with Gasteiger partial charge in [0.1, 0.15) is 5.82 Å². The van der Waals surface area contributed by atoms with E-state index in [1.165, 1.54) is 5.56 Å². The zero-order chi connectivity index (χ0) is 18.5. The molecule has 0 aliphatic rings. The van der Waals surface area contributed by atoms with Crippen molar-refractivity contribution in [2.45, 2.75) is 33.4 Å². The third kappa shape index (κ3) is 4.73. The Kier molecular flexibility index (Phi) is 5.74. The Morgan fingerprint density at radius 1 is 1.00 bits per heavy atom. The lowest BCUT2D eigenvalue weighted by Crippen LogP contribution is -2.31. The number of aromatic nitrogens is 2. The van der Waals surface area contributed by atoms with Gasteiger partial charge in [-0.25, -0.2) is 4.98 Å². The highest BCUT2D eigenvalue weighted by Crippen LogP contribution is 2.23. The highest BCUT2D eigenvalue weighted by molar-refractivity contribution is 6.30. The van der Waals surface area contributed by atoms with Crippen molar-refractivity contribution < 1.29 is 0 Å². The van der Waals surface area contributed by atoms with Crippen molar-refractivity contribution in [2.75, 3.05) is 10.2 Å². The lowest BCUT2D eigenvalue weighted by molar-refractivity contribution is 0.671. The van der Waals surface area contributed by atoms with Crippen LogP contribution in [0.4, 0.5) is 17.5 Å². The van der Waals surface area contributed by atoms with Gasteiger partial charge in [0.15, 0.2) is 0 Å². The highest BCUT2D eigenvalue weighted by Gasteiger charge is 2.15. The summed E-state index contributed by atoms with van der Waals surface area (Å²) in [6, 6.07) is 20.3. The van der Waals surface area contributed by atoms with Crippen LogP contribution in [0.15, 0.2) is 60.7 Å². The zero-order valence-corrected chi connectivity index (χ0v) is 16.0. The van der Waals surface area contributed by atoms with Gasteiger partial charge in [0.25, 0.3) is 0 Å². The second-order valence-electron chi connectivity index (χ2n) is 6.53. The number of anilines is 3. The Morgan fingerprint density at radius 3 is 2.46 bits per heavy atom. The van der Waals surface area contributed by atoms with Crippen LogP contribution >= 0.6 is 11.6 Å². The number of rotatable bonds is 6. The van der Waals surface area contributed by atoms with Gasteiger partial charge >= 0.3 is 0 Å². The Hall–Kier alpha value is -2.59. The molecule has 134 valence electrons. The normalized spacial score (nSPS) is 10.8. The number of aryl methyl sites for hydroxylation is 1. The molecule has 0 spiro atoms. The van der Waals surface area contributed by atoms with Gasteiger partial charge in [0.05, 0.1) is 0 Å². The van der Waals surface area contributed by atoms with Crippen LogP contribution in [0.5, 0.6) is 0 Å². The van der Waals surface area contributed by atoms with Crippen LogP contribution in [-0.2, 0) is 6.54 Å². The minimum atomic E-state index is 0.309. The van der Waals surface area contributed by atoms with Crippen LogP contribution in [-0.4, -0.2) is 16.0 Å². The largest absolute Gasteiger partial charge is 0.350 e. The molecule has 0 radical (unpaired) electrons. The summed E-state index contributed by atoms with van der Waals surface area (Å²) in [5.74, 6) is 1.47. The van der Waals surface area contributed by atoms with Crippen LogP contribution in [0.2, 0.25) is 5.02 Å². The van der Waals surface area contributed by atoms with Gasteiger partial charge in [-0.05, 0) is 44.5 Å². The third-order valence-electron chi connectivity index (χ3n) is 4.03. The van der Waals surface area contributed by atoms with E-state index in [0.717, 1.165) is 23.7 Å². The molecule has 5 heteroatoms. The van der Waals surface area contributed by atoms with Crippen LogP contribution < -0.4 is 10.2 Å². The van der Waals surface area contributed by atoms with E-state index in [9.17, 15) is 0 Å². The van der Waals surface area contributed by atoms with Gasteiger partial charge in [0.2, 0.25) is 5.95 Å². The van der Waals surface area contributed by atoms with E-state index in [1.54, 1.807) is 0 Å². The molecule has 0 fully saturated rings. The van der Waals surface area contributed by atoms with Crippen molar-refractivity contribution in [1.29, 1.82) is 0 Å². The van der Waals surface area contributed by atoms with E-state index in [0.29, 0.717) is 17.0 Å². The average Bonchev–Trinajstić information content (AvgIpc) is 2.60. The average molecular weight is 367 g/mol. The summed E-state index contributed by atoms with van der Waals surface area (Å²) in [5, 5.41) is 3.93. The molecule has 4 nitrogen and oxygen atoms in total. The Morgan fingerprint density at radius 2 is 1.77 bits per heavy atom. The van der Waals surface area contributed by atoms with Crippen molar-refractivity contribution in [2.24, 2.45) is 0 Å². The van der Waals surface area contributed by atoms with Crippen molar-refractivity contribution in [3.8, 4) is 0 Å². The topological polar surface area (TPSA) is 41.1 Å². The molecule has 0 aliphatic heterocycles. The summed E-state index contributed by atoms with van der Waals surface area (Å²) >= 11 is 6.07. The molecular weight excluding hydrogens is 344 g/mol.